The van der Waals surface area contributed by atoms with E-state index in [-0.39, 0.29) is 84.8 Å². The minimum Gasteiger partial charge on any atom is -0.727 e. The molecular formula is C76H99F2LiN4O10. The largest absolute Gasteiger partial charge is 1.00 e. The van der Waals surface area contributed by atoms with Crippen LogP contribution in [0.3, 0.4) is 0 Å². The molecule has 2 saturated heterocycles. The second-order valence-electron chi connectivity index (χ2n) is 26.9. The van der Waals surface area contributed by atoms with Gasteiger partial charge in [0.05, 0.1) is 31.5 Å². The summed E-state index contributed by atoms with van der Waals surface area (Å²) in [6, 6.07) is 17.2. The Labute approximate surface area is 561 Å². The summed E-state index contributed by atoms with van der Waals surface area (Å²) in [6.07, 6.45) is 7.77. The van der Waals surface area contributed by atoms with Gasteiger partial charge in [0.15, 0.2) is 11.6 Å². The van der Waals surface area contributed by atoms with Crippen molar-refractivity contribution in [3.05, 3.63) is 183 Å². The number of ketones is 2. The molecular weight excluding hydrogens is 1170 g/mol. The summed E-state index contributed by atoms with van der Waals surface area (Å²) >= 11 is 0. The van der Waals surface area contributed by atoms with Crippen LogP contribution in [0.1, 0.15) is 188 Å². The molecule has 0 radical (unpaired) electrons. The summed E-state index contributed by atoms with van der Waals surface area (Å²) < 4.78 is 40.3. The zero-order valence-electron chi connectivity index (χ0n) is 58.1. The van der Waals surface area contributed by atoms with Crippen LogP contribution >= 0.6 is 0 Å². The summed E-state index contributed by atoms with van der Waals surface area (Å²) in [7, 11) is 0. The summed E-state index contributed by atoms with van der Waals surface area (Å²) in [6.45, 7) is 35.6. The van der Waals surface area contributed by atoms with Crippen molar-refractivity contribution in [2.75, 3.05) is 45.9 Å². The first-order valence-corrected chi connectivity index (χ1v) is 32.8. The summed E-state index contributed by atoms with van der Waals surface area (Å²) in [5.74, 6) is -4.34. The Hall–Kier alpha value is -6.64. The van der Waals surface area contributed by atoms with Gasteiger partial charge in [-0.15, -0.1) is 0 Å². The number of likely N-dealkylation sites (tertiary alicyclic amines) is 2. The number of carboxylic acid groups (broad SMARTS) is 1. The van der Waals surface area contributed by atoms with Gasteiger partial charge in [-0.1, -0.05) is 63.1 Å². The second-order valence-corrected chi connectivity index (χ2v) is 26.9. The number of rotatable bonds is 27. The van der Waals surface area contributed by atoms with E-state index >= 15 is 8.78 Å². The fourth-order valence-electron chi connectivity index (χ4n) is 13.6. The zero-order chi connectivity index (χ0) is 68.0. The number of carboxylic acids is 1. The van der Waals surface area contributed by atoms with Gasteiger partial charge in [0.25, 0.3) is 11.1 Å². The first kappa shape index (κ1) is 77.1. The van der Waals surface area contributed by atoms with E-state index < -0.39 is 53.9 Å². The minimum absolute atomic E-state index is 0. The number of aryl methyl sites for hydroxylation is 10. The predicted octanol–water partition coefficient (Wildman–Crippen LogP) is 10.8. The van der Waals surface area contributed by atoms with Crippen molar-refractivity contribution in [1.82, 2.24) is 18.9 Å². The number of Topliss-reactive ketones (excluding diaryl/α,β-unsaturated/α-hetero) is 2. The minimum atomic E-state index is -1.10. The van der Waals surface area contributed by atoms with Crippen molar-refractivity contribution in [3.8, 4) is 22.3 Å². The van der Waals surface area contributed by atoms with E-state index in [2.05, 4.69) is 34.1 Å². The molecule has 4 aromatic carbocycles. The van der Waals surface area contributed by atoms with E-state index in [4.69, 9.17) is 15.3 Å². The molecule has 498 valence electrons. The number of aromatic nitrogens is 2. The number of aliphatic carboxylic acids is 1. The maximum atomic E-state index is 16.1. The number of pyridine rings is 2. The second kappa shape index (κ2) is 35.2. The monoisotopic (exact) mass is 1270 g/mol. The molecule has 0 aliphatic carbocycles. The van der Waals surface area contributed by atoms with Gasteiger partial charge in [-0.25, -0.2) is 8.78 Å². The topological polar surface area (TPSA) is 192 Å². The van der Waals surface area contributed by atoms with Crippen molar-refractivity contribution in [1.29, 1.82) is 0 Å². The van der Waals surface area contributed by atoms with Crippen molar-refractivity contribution in [2.45, 2.75) is 192 Å². The van der Waals surface area contributed by atoms with Gasteiger partial charge in [0, 0.05) is 62.3 Å². The number of nitrogens with zero attached hydrogens (tertiary/aromatic N) is 4. The number of hydrogen-bond donors (Lipinski definition) is 2. The Morgan fingerprint density at radius 3 is 1.18 bits per heavy atom. The maximum Gasteiger partial charge on any atom is 1.00 e. The first-order chi connectivity index (χ1) is 43.5. The molecule has 0 amide bonds. The molecule has 14 nitrogen and oxygen atoms in total. The zero-order valence-corrected chi connectivity index (χ0v) is 58.1. The Balaban J connectivity index is 0.000000325. The first-order valence-electron chi connectivity index (χ1n) is 32.8. The molecule has 17 heteroatoms. The third-order valence-electron chi connectivity index (χ3n) is 18.3. The van der Waals surface area contributed by atoms with Crippen LogP contribution in [0.15, 0.2) is 82.6 Å². The van der Waals surface area contributed by atoms with E-state index in [0.29, 0.717) is 29.5 Å². The van der Waals surface area contributed by atoms with E-state index in [1.807, 2.05) is 102 Å². The SMILES string of the molecule is CCOC(=O)C[C@H](CC(=O)C(CC(C)C)n1cc(CCN2CCC2)c(C)cc1=O)c1cc(-c2c(C)cc(C)cc2C)cc(C)c1F.Cc1cc(C)c(-c2cc(C)c(F)c([C@H](CC(=O)O)CC(=O)C(CC(C)C)n3cc(CCN4CCC4)c(C)cc3=O)c2)c(C)c1.[Li+].[O-]O. The fourth-order valence-corrected chi connectivity index (χ4v) is 13.6. The molecule has 0 bridgehead atoms. The summed E-state index contributed by atoms with van der Waals surface area (Å²) in [5, 5.41) is 22.9. The molecule has 4 atom stereocenters. The summed E-state index contributed by atoms with van der Waals surface area (Å²) in [4.78, 5) is 84.9. The molecule has 2 aliphatic heterocycles. The Kier molecular flexibility index (Phi) is 29.2. The molecule has 0 saturated carbocycles. The average molecular weight is 1270 g/mol. The normalized spacial score (nSPS) is 14.3. The molecule has 4 heterocycles. The number of esters is 1. The number of hydrogen-bond acceptors (Lipinski definition) is 11. The number of carbonyl (C=O) groups is 4. The van der Waals surface area contributed by atoms with Crippen molar-refractivity contribution in [2.24, 2.45) is 11.8 Å². The smallest absolute Gasteiger partial charge is 0.727 e. The number of carbonyl (C=O) groups excluding carboxylic acids is 3. The maximum absolute atomic E-state index is 16.1. The van der Waals surface area contributed by atoms with Gasteiger partial charge in [0.2, 0.25) is 0 Å². The molecule has 2 unspecified atom stereocenters. The van der Waals surface area contributed by atoms with Crippen LogP contribution in [-0.2, 0) is 36.8 Å². The van der Waals surface area contributed by atoms with E-state index in [9.17, 15) is 33.9 Å². The van der Waals surface area contributed by atoms with Gasteiger partial charge in [0.1, 0.15) is 11.6 Å². The number of ether oxygens (including phenoxy) is 1. The Morgan fingerprint density at radius 2 is 0.871 bits per heavy atom. The van der Waals surface area contributed by atoms with Crippen molar-refractivity contribution >= 4 is 23.5 Å². The van der Waals surface area contributed by atoms with E-state index in [0.717, 1.165) is 130 Å². The van der Waals surface area contributed by atoms with Crippen LogP contribution in [0, 0.1) is 92.7 Å². The fraction of sp³-hybridized carbons (Fsp3) is 0.500. The van der Waals surface area contributed by atoms with Crippen LogP contribution < -0.4 is 35.2 Å². The van der Waals surface area contributed by atoms with Gasteiger partial charge in [-0.05, 0) is 266 Å². The van der Waals surface area contributed by atoms with E-state index in [1.165, 1.54) is 17.4 Å². The van der Waals surface area contributed by atoms with Crippen LogP contribution in [0.25, 0.3) is 22.3 Å². The molecule has 2 N–H and O–H groups in total. The number of benzene rings is 4. The van der Waals surface area contributed by atoms with Crippen molar-refractivity contribution in [3.63, 3.8) is 0 Å². The van der Waals surface area contributed by atoms with Gasteiger partial charge in [-0.3, -0.25) is 28.8 Å². The van der Waals surface area contributed by atoms with Crippen LogP contribution in [0.4, 0.5) is 8.78 Å². The predicted molar refractivity (Wildman–Crippen MR) is 360 cm³/mol. The molecule has 2 aliphatic rings. The van der Waals surface area contributed by atoms with Crippen molar-refractivity contribution < 1.29 is 67.2 Å². The molecule has 2 aromatic heterocycles. The van der Waals surface area contributed by atoms with Gasteiger partial charge >= 0.3 is 30.8 Å². The molecule has 2 fully saturated rings. The Morgan fingerprint density at radius 1 is 0.516 bits per heavy atom. The molecule has 6 aromatic rings. The van der Waals surface area contributed by atoms with E-state index in [1.54, 1.807) is 55.7 Å². The van der Waals surface area contributed by atoms with Gasteiger partial charge in [-0.2, -0.15) is 0 Å². The average Bonchev–Trinajstić information content (AvgIpc) is 0.813. The summed E-state index contributed by atoms with van der Waals surface area (Å²) in [5.41, 5.74) is 15.0. The van der Waals surface area contributed by atoms with Crippen LogP contribution in [0.2, 0.25) is 0 Å². The standard InChI is InChI=1S/C39H51FN2O4.C37H47FN2O4.Li.H2O2/c1-9-46-37(45)22-31(33-20-32(18-29(8)39(33)40)38-27(6)16-25(4)17-28(38)7)21-35(43)34(15-24(2)3)42-23-30(26(5)19-36(42)44)11-14-41-12-10-13-41;1-22(2)13-32(40-21-28(24(4)17-34(40)42)9-12-39-10-8-11-39)33(41)19-29(20-35(43)44)31-18-30(16-27(7)37(31)38)36-25(5)14-23(3)15-26(36)6;;1-2/h16-20,23-24,31,34H,9-15,21-22H2,1-8H3;14-18,21-22,29,32H,8-13,19-20H2,1-7H3,(H,43,44);;1-2H/q;;+1;/p-1/t31-,34?;29-,32?;;/m00../s1. The third kappa shape index (κ3) is 20.4. The van der Waals surface area contributed by atoms with Gasteiger partial charge < -0.3 is 39.3 Å². The molecule has 8 rings (SSSR count). The number of halogens is 2. The third-order valence-corrected chi connectivity index (χ3v) is 18.3. The van der Waals surface area contributed by atoms with Crippen LogP contribution in [-0.4, -0.2) is 98.7 Å². The Bertz CT molecular complexity index is 3690. The quantitative estimate of drug-likeness (QED) is 0.0215. The van der Waals surface area contributed by atoms with Crippen LogP contribution in [0.5, 0.6) is 0 Å². The molecule has 93 heavy (non-hydrogen) atoms. The molecule has 0 spiro atoms.